The Morgan fingerprint density at radius 1 is 1.17 bits per heavy atom. The highest BCUT2D eigenvalue weighted by molar-refractivity contribution is 7.89. The molecule has 1 heterocycles. The van der Waals surface area contributed by atoms with Crippen LogP contribution in [0.4, 0.5) is 5.00 Å². The van der Waals surface area contributed by atoms with E-state index >= 15 is 0 Å². The van der Waals surface area contributed by atoms with E-state index < -0.39 is 21.9 Å². The van der Waals surface area contributed by atoms with Crippen LogP contribution < -0.4 is 5.32 Å². The van der Waals surface area contributed by atoms with Gasteiger partial charge in [0.15, 0.2) is 0 Å². The number of amides is 1. The zero-order valence-electron chi connectivity index (χ0n) is 16.8. The van der Waals surface area contributed by atoms with Crippen molar-refractivity contribution in [2.24, 2.45) is 0 Å². The molecule has 0 fully saturated rings. The fourth-order valence-electron chi connectivity index (χ4n) is 3.21. The monoisotopic (exact) mass is 436 g/mol. The van der Waals surface area contributed by atoms with Crippen molar-refractivity contribution in [3.63, 3.8) is 0 Å². The molecule has 1 N–H and O–H groups in total. The van der Waals surface area contributed by atoms with Crippen LogP contribution in [0.3, 0.4) is 0 Å². The molecule has 2 aromatic rings. The van der Waals surface area contributed by atoms with Crippen LogP contribution in [0.5, 0.6) is 0 Å². The molecular weight excluding hydrogens is 412 g/mol. The quantitative estimate of drug-likeness (QED) is 0.702. The number of carbonyl (C=O) groups excluding carboxylic acids is 2. The molecule has 0 saturated carbocycles. The van der Waals surface area contributed by atoms with E-state index in [2.05, 4.69) is 5.32 Å². The van der Waals surface area contributed by atoms with E-state index in [0.717, 1.165) is 29.7 Å². The zero-order valence-corrected chi connectivity index (χ0v) is 18.4. The largest absolute Gasteiger partial charge is 0.465 e. The highest BCUT2D eigenvalue weighted by Gasteiger charge is 2.28. The van der Waals surface area contributed by atoms with Gasteiger partial charge in [0, 0.05) is 23.5 Å². The molecule has 7 nitrogen and oxygen atoms in total. The number of hydrogen-bond donors (Lipinski definition) is 1. The molecule has 0 unspecified atom stereocenters. The number of nitrogens with zero attached hydrogens (tertiary/aromatic N) is 1. The van der Waals surface area contributed by atoms with E-state index in [1.165, 1.54) is 54.1 Å². The van der Waals surface area contributed by atoms with Crippen molar-refractivity contribution in [1.29, 1.82) is 0 Å². The highest BCUT2D eigenvalue weighted by Crippen LogP contribution is 2.39. The molecule has 1 aromatic heterocycles. The molecule has 0 aliphatic heterocycles. The van der Waals surface area contributed by atoms with E-state index in [1.807, 2.05) is 0 Å². The lowest BCUT2D eigenvalue weighted by molar-refractivity contribution is 0.0601. The third-order valence-corrected chi connectivity index (χ3v) is 8.31. The summed E-state index contributed by atoms with van der Waals surface area (Å²) in [5.41, 5.74) is 1.69. The molecule has 29 heavy (non-hydrogen) atoms. The van der Waals surface area contributed by atoms with Crippen molar-refractivity contribution in [1.82, 2.24) is 4.31 Å². The predicted octanol–water partition coefficient (Wildman–Crippen LogP) is 3.30. The summed E-state index contributed by atoms with van der Waals surface area (Å²) in [5.74, 6) is -0.867. The summed E-state index contributed by atoms with van der Waals surface area (Å²) in [7, 11) is -0.778. The molecule has 0 spiro atoms. The van der Waals surface area contributed by atoms with E-state index in [9.17, 15) is 18.0 Å². The molecule has 0 saturated heterocycles. The van der Waals surface area contributed by atoms with E-state index in [1.54, 1.807) is 13.8 Å². The first-order valence-electron chi connectivity index (χ1n) is 9.29. The second kappa shape index (κ2) is 8.25. The molecule has 1 aliphatic rings. The van der Waals surface area contributed by atoms with Gasteiger partial charge in [0.05, 0.1) is 17.6 Å². The fraction of sp³-hybridized carbons (Fsp3) is 0.400. The minimum atomic E-state index is -3.62. The summed E-state index contributed by atoms with van der Waals surface area (Å²) in [6.07, 6.45) is 2.66. The molecule has 0 bridgehead atoms. The maximum atomic E-state index is 12.7. The van der Waals surface area contributed by atoms with Crippen LogP contribution in [0.15, 0.2) is 29.2 Å². The minimum Gasteiger partial charge on any atom is -0.465 e. The first kappa shape index (κ1) is 21.5. The number of hydrogen-bond acceptors (Lipinski definition) is 6. The lowest BCUT2D eigenvalue weighted by atomic mass is 10.1. The van der Waals surface area contributed by atoms with Crippen molar-refractivity contribution in [2.75, 3.05) is 19.5 Å². The number of fused-ring (bicyclic) bond motifs is 1. The van der Waals surface area contributed by atoms with Crippen molar-refractivity contribution in [3.8, 4) is 0 Å². The number of esters is 1. The Morgan fingerprint density at radius 3 is 2.41 bits per heavy atom. The van der Waals surface area contributed by atoms with Gasteiger partial charge in [-0.05, 0) is 62.9 Å². The number of nitrogens with one attached hydrogen (secondary N) is 1. The van der Waals surface area contributed by atoms with Gasteiger partial charge in [-0.1, -0.05) is 0 Å². The van der Waals surface area contributed by atoms with Gasteiger partial charge < -0.3 is 10.1 Å². The van der Waals surface area contributed by atoms with E-state index in [-0.39, 0.29) is 10.9 Å². The summed E-state index contributed by atoms with van der Waals surface area (Å²) in [5, 5.41) is 3.26. The zero-order chi connectivity index (χ0) is 21.3. The fourth-order valence-corrected chi connectivity index (χ4v) is 5.85. The lowest BCUT2D eigenvalue weighted by Gasteiger charge is -2.21. The molecule has 1 aliphatic carbocycles. The number of methoxy groups -OCH3 is 1. The second-order valence-electron chi connectivity index (χ2n) is 7.15. The van der Waals surface area contributed by atoms with Gasteiger partial charge in [-0.25, -0.2) is 13.2 Å². The van der Waals surface area contributed by atoms with Crippen molar-refractivity contribution in [3.05, 3.63) is 45.8 Å². The molecule has 1 aromatic carbocycles. The average Bonchev–Trinajstić information content (AvgIpc) is 3.27. The Hall–Kier alpha value is -2.23. The topological polar surface area (TPSA) is 92.8 Å². The van der Waals surface area contributed by atoms with Crippen molar-refractivity contribution >= 4 is 38.2 Å². The molecule has 156 valence electrons. The number of sulfonamides is 1. The van der Waals surface area contributed by atoms with Gasteiger partial charge in [0.2, 0.25) is 10.0 Å². The number of rotatable bonds is 6. The van der Waals surface area contributed by atoms with Gasteiger partial charge >= 0.3 is 5.97 Å². The smallest absolute Gasteiger partial charge is 0.341 e. The normalized spacial score (nSPS) is 13.6. The van der Waals surface area contributed by atoms with Crippen LogP contribution in [0.1, 0.15) is 51.4 Å². The molecule has 9 heteroatoms. The number of anilines is 1. The summed E-state index contributed by atoms with van der Waals surface area (Å²) in [6.45, 7) is 3.58. The first-order chi connectivity index (χ1) is 13.7. The maximum Gasteiger partial charge on any atom is 0.341 e. The van der Waals surface area contributed by atoms with Gasteiger partial charge in [-0.3, -0.25) is 4.79 Å². The van der Waals surface area contributed by atoms with Crippen LogP contribution in [-0.4, -0.2) is 44.8 Å². The highest BCUT2D eigenvalue weighted by atomic mass is 32.2. The van der Waals surface area contributed by atoms with Gasteiger partial charge in [-0.15, -0.1) is 11.3 Å². The first-order valence-corrected chi connectivity index (χ1v) is 11.5. The second-order valence-corrected chi connectivity index (χ2v) is 10.2. The molecule has 3 rings (SSSR count). The Morgan fingerprint density at radius 2 is 1.83 bits per heavy atom. The standard InChI is InChI=1S/C20H24N2O5S2/c1-12(2)22(3)29(25,26)14-10-8-13(9-11-14)18(23)21-19-17(20(24)27-4)15-6-5-7-16(15)28-19/h8-12H,5-7H2,1-4H3,(H,21,23). The van der Waals surface area contributed by atoms with Gasteiger partial charge in [-0.2, -0.15) is 4.31 Å². The van der Waals surface area contributed by atoms with Crippen LogP contribution in [0, 0.1) is 0 Å². The summed E-state index contributed by atoms with van der Waals surface area (Å²) in [6, 6.07) is 5.59. The number of thiophene rings is 1. The van der Waals surface area contributed by atoms with Crippen molar-refractivity contribution < 1.29 is 22.7 Å². The van der Waals surface area contributed by atoms with Crippen LogP contribution in [0.2, 0.25) is 0 Å². The number of aryl methyl sites for hydroxylation is 1. The third kappa shape index (κ3) is 4.08. The molecule has 0 radical (unpaired) electrons. The summed E-state index contributed by atoms with van der Waals surface area (Å²) in [4.78, 5) is 26.1. The van der Waals surface area contributed by atoms with E-state index in [4.69, 9.17) is 4.74 Å². The molecular formula is C20H24N2O5S2. The number of benzene rings is 1. The Kier molecular flexibility index (Phi) is 6.11. The average molecular weight is 437 g/mol. The van der Waals surface area contributed by atoms with Crippen LogP contribution in [-0.2, 0) is 27.6 Å². The number of carbonyl (C=O) groups is 2. The predicted molar refractivity (Wildman–Crippen MR) is 112 cm³/mol. The maximum absolute atomic E-state index is 12.7. The van der Waals surface area contributed by atoms with Crippen molar-refractivity contribution in [2.45, 2.75) is 44.0 Å². The van der Waals surface area contributed by atoms with Crippen LogP contribution in [0.25, 0.3) is 0 Å². The SMILES string of the molecule is COC(=O)c1c(NC(=O)c2ccc(S(=O)(=O)N(C)C(C)C)cc2)sc2c1CCC2. The Balaban J connectivity index is 1.84. The Bertz CT molecular complexity index is 1040. The molecule has 1 amide bonds. The molecule has 0 atom stereocenters. The number of ether oxygens (including phenoxy) is 1. The van der Waals surface area contributed by atoms with Gasteiger partial charge in [0.25, 0.3) is 5.91 Å². The lowest BCUT2D eigenvalue weighted by Crippen LogP contribution is -2.33. The van der Waals surface area contributed by atoms with Crippen LogP contribution >= 0.6 is 11.3 Å². The third-order valence-electron chi connectivity index (χ3n) is 5.06. The Labute approximate surface area is 174 Å². The summed E-state index contributed by atoms with van der Waals surface area (Å²) >= 11 is 1.39. The minimum absolute atomic E-state index is 0.121. The summed E-state index contributed by atoms with van der Waals surface area (Å²) < 4.78 is 31.3. The van der Waals surface area contributed by atoms with Gasteiger partial charge in [0.1, 0.15) is 5.00 Å². The van der Waals surface area contributed by atoms with E-state index in [0.29, 0.717) is 16.1 Å².